The third-order valence-corrected chi connectivity index (χ3v) is 6.20. The smallest absolute Gasteiger partial charge is 0.319 e. The Morgan fingerprint density at radius 1 is 1.14 bits per heavy atom. The largest absolute Gasteiger partial charge is 0.497 e. The van der Waals surface area contributed by atoms with Gasteiger partial charge in [-0.25, -0.2) is 14.8 Å². The lowest BCUT2D eigenvalue weighted by atomic mass is 10.1. The molecule has 0 unspecified atom stereocenters. The van der Waals surface area contributed by atoms with Gasteiger partial charge in [-0.1, -0.05) is 0 Å². The minimum Gasteiger partial charge on any atom is -0.497 e. The van der Waals surface area contributed by atoms with Crippen LogP contribution < -0.4 is 20.1 Å². The number of methoxy groups -OCH3 is 2. The third-order valence-electron chi connectivity index (χ3n) is 6.20. The minimum atomic E-state index is -0.227. The Morgan fingerprint density at radius 3 is 2.67 bits per heavy atom. The summed E-state index contributed by atoms with van der Waals surface area (Å²) < 4.78 is 10.7. The number of urea groups is 1. The van der Waals surface area contributed by atoms with Crippen molar-refractivity contribution in [1.29, 1.82) is 5.26 Å². The summed E-state index contributed by atoms with van der Waals surface area (Å²) in [6.07, 6.45) is 4.01. The van der Waals surface area contributed by atoms with Gasteiger partial charge in [-0.15, -0.1) is 0 Å². The number of hydrogen-bond acceptors (Lipinski definition) is 7. The molecule has 0 saturated carbocycles. The fraction of sp³-hybridized carbons (Fsp3) is 0.333. The quantitative estimate of drug-likeness (QED) is 0.522. The molecule has 1 fully saturated rings. The van der Waals surface area contributed by atoms with Gasteiger partial charge in [0.05, 0.1) is 25.5 Å². The normalized spacial score (nSPS) is 14.1. The molecule has 0 bridgehead atoms. The van der Waals surface area contributed by atoms with Crippen LogP contribution in [0.25, 0.3) is 11.3 Å². The number of likely N-dealkylation sites (tertiary alicyclic amines) is 1. The molecule has 2 amide bonds. The Labute approximate surface area is 211 Å². The van der Waals surface area contributed by atoms with Gasteiger partial charge in [0, 0.05) is 36.0 Å². The van der Waals surface area contributed by atoms with Crippen molar-refractivity contribution in [3.8, 4) is 28.8 Å². The number of aromatic nitrogens is 2. The number of carbonyl (C=O) groups is 1. The van der Waals surface area contributed by atoms with E-state index in [0.717, 1.165) is 37.1 Å². The van der Waals surface area contributed by atoms with Gasteiger partial charge in [-0.2, -0.15) is 5.26 Å². The number of carbonyl (C=O) groups excluding carboxylic acids is 1. The van der Waals surface area contributed by atoms with Crippen LogP contribution in [0.5, 0.6) is 11.5 Å². The molecule has 2 aromatic carbocycles. The number of nitriles is 1. The molecule has 1 aliphatic rings. The monoisotopic (exact) mass is 486 g/mol. The van der Waals surface area contributed by atoms with Crippen molar-refractivity contribution < 1.29 is 14.3 Å². The highest BCUT2D eigenvalue weighted by molar-refractivity contribution is 5.89. The molecule has 0 atom stereocenters. The molecule has 36 heavy (non-hydrogen) atoms. The van der Waals surface area contributed by atoms with Crippen molar-refractivity contribution in [3.63, 3.8) is 0 Å². The Kier molecular flexibility index (Phi) is 7.98. The zero-order valence-corrected chi connectivity index (χ0v) is 20.7. The number of nitrogens with one attached hydrogen (secondary N) is 2. The van der Waals surface area contributed by atoms with Crippen molar-refractivity contribution in [2.24, 2.45) is 0 Å². The molecule has 4 rings (SSSR count). The van der Waals surface area contributed by atoms with Crippen molar-refractivity contribution in [2.75, 3.05) is 39.7 Å². The van der Waals surface area contributed by atoms with Crippen LogP contribution in [0.2, 0.25) is 0 Å². The number of nitrogens with zero attached hydrogens (tertiary/aromatic N) is 4. The lowest BCUT2D eigenvalue weighted by Crippen LogP contribution is -2.44. The van der Waals surface area contributed by atoms with Gasteiger partial charge in [0.15, 0.2) is 0 Å². The van der Waals surface area contributed by atoms with E-state index in [9.17, 15) is 10.1 Å². The Hall–Kier alpha value is -4.16. The zero-order valence-electron chi connectivity index (χ0n) is 20.7. The molecule has 0 radical (unpaired) electrons. The highest BCUT2D eigenvalue weighted by Gasteiger charge is 2.18. The minimum absolute atomic E-state index is 0.168. The highest BCUT2D eigenvalue weighted by Crippen LogP contribution is 2.26. The van der Waals surface area contributed by atoms with Crippen LogP contribution in [0.4, 0.5) is 10.5 Å². The summed E-state index contributed by atoms with van der Waals surface area (Å²) in [7, 11) is 5.22. The van der Waals surface area contributed by atoms with E-state index in [0.29, 0.717) is 40.7 Å². The second-order valence-electron chi connectivity index (χ2n) is 8.81. The van der Waals surface area contributed by atoms with E-state index in [-0.39, 0.29) is 12.1 Å². The van der Waals surface area contributed by atoms with Crippen LogP contribution in [0, 0.1) is 11.3 Å². The lowest BCUT2D eigenvalue weighted by molar-refractivity contribution is 0.221. The van der Waals surface area contributed by atoms with Gasteiger partial charge in [-0.05, 0) is 74.9 Å². The van der Waals surface area contributed by atoms with Crippen LogP contribution in [0.15, 0.2) is 48.7 Å². The number of ether oxygens (including phenoxy) is 2. The molecule has 2 N–H and O–H groups in total. The molecule has 1 aromatic heterocycles. The van der Waals surface area contributed by atoms with E-state index in [2.05, 4.69) is 33.6 Å². The molecule has 0 spiro atoms. The molecule has 186 valence electrons. The van der Waals surface area contributed by atoms with Gasteiger partial charge in [-0.3, -0.25) is 0 Å². The Bertz CT molecular complexity index is 1260. The van der Waals surface area contributed by atoms with E-state index >= 15 is 0 Å². The lowest BCUT2D eigenvalue weighted by Gasteiger charge is -2.29. The second-order valence-corrected chi connectivity index (χ2v) is 8.81. The summed E-state index contributed by atoms with van der Waals surface area (Å²) >= 11 is 0. The molecular weight excluding hydrogens is 456 g/mol. The molecule has 9 heteroatoms. The summed E-state index contributed by atoms with van der Waals surface area (Å²) in [5.74, 6) is 1.76. The van der Waals surface area contributed by atoms with E-state index in [1.54, 1.807) is 37.6 Å². The summed E-state index contributed by atoms with van der Waals surface area (Å²) in [6.45, 7) is 1.95. The van der Waals surface area contributed by atoms with Crippen LogP contribution in [-0.2, 0) is 6.42 Å². The molecular formula is C27H30N6O3. The summed E-state index contributed by atoms with van der Waals surface area (Å²) in [4.78, 5) is 24.0. The number of rotatable bonds is 7. The number of anilines is 1. The molecule has 2 heterocycles. The maximum absolute atomic E-state index is 12.6. The fourth-order valence-corrected chi connectivity index (χ4v) is 4.24. The maximum Gasteiger partial charge on any atom is 0.319 e. The Morgan fingerprint density at radius 2 is 1.94 bits per heavy atom. The van der Waals surface area contributed by atoms with E-state index < -0.39 is 0 Å². The summed E-state index contributed by atoms with van der Waals surface area (Å²) in [6, 6.07) is 14.8. The predicted octanol–water partition coefficient (Wildman–Crippen LogP) is 3.84. The molecule has 1 aliphatic heterocycles. The number of piperidine rings is 1. The maximum atomic E-state index is 12.6. The first-order valence-electron chi connectivity index (χ1n) is 11.8. The first kappa shape index (κ1) is 24.9. The van der Waals surface area contributed by atoms with Crippen LogP contribution in [0.3, 0.4) is 0 Å². The topological polar surface area (TPSA) is 112 Å². The predicted molar refractivity (Wildman–Crippen MR) is 137 cm³/mol. The first-order chi connectivity index (χ1) is 17.5. The highest BCUT2D eigenvalue weighted by atomic mass is 16.5. The fourth-order valence-electron chi connectivity index (χ4n) is 4.24. The average Bonchev–Trinajstić information content (AvgIpc) is 2.89. The van der Waals surface area contributed by atoms with E-state index in [4.69, 9.17) is 14.5 Å². The second kappa shape index (κ2) is 11.5. The zero-order chi connectivity index (χ0) is 25.5. The molecule has 3 aromatic rings. The molecule has 1 saturated heterocycles. The van der Waals surface area contributed by atoms with Gasteiger partial charge >= 0.3 is 6.03 Å². The molecule has 0 aliphatic carbocycles. The van der Waals surface area contributed by atoms with Crippen molar-refractivity contribution in [3.05, 3.63) is 65.6 Å². The van der Waals surface area contributed by atoms with Crippen molar-refractivity contribution >= 4 is 11.7 Å². The van der Waals surface area contributed by atoms with Crippen LogP contribution in [-0.4, -0.2) is 61.3 Å². The van der Waals surface area contributed by atoms with E-state index in [1.165, 1.54) is 7.11 Å². The Balaban J connectivity index is 1.49. The average molecular weight is 487 g/mol. The van der Waals surface area contributed by atoms with Crippen LogP contribution >= 0.6 is 0 Å². The number of benzene rings is 2. The number of hydrogen-bond donors (Lipinski definition) is 2. The summed E-state index contributed by atoms with van der Waals surface area (Å²) in [5, 5.41) is 15.4. The third kappa shape index (κ3) is 6.29. The standard InChI is InChI=1S/C27H30N6O3/c1-33-10-7-21(8-11-33)30-27(34)31-22-12-18(13-23(16-22)35-2)14-26-29-9-6-24(32-26)19-4-5-25(36-3)20(15-19)17-28/h4-6,9,12-13,15-16,21H,7-8,10-11,14H2,1-3H3,(H2,30,31,34). The van der Waals surface area contributed by atoms with Gasteiger partial charge in [0.25, 0.3) is 0 Å². The first-order valence-corrected chi connectivity index (χ1v) is 11.8. The number of amides is 2. The summed E-state index contributed by atoms with van der Waals surface area (Å²) in [5.41, 5.74) is 3.48. The van der Waals surface area contributed by atoms with Crippen LogP contribution in [0.1, 0.15) is 29.8 Å². The SMILES string of the molecule is COc1cc(Cc2nccc(-c3ccc(OC)c(C#N)c3)n2)cc(NC(=O)NC2CCN(C)CC2)c1. The van der Waals surface area contributed by atoms with Gasteiger partial charge < -0.3 is 25.0 Å². The van der Waals surface area contributed by atoms with Crippen molar-refractivity contribution in [2.45, 2.75) is 25.3 Å². The molecule has 9 nitrogen and oxygen atoms in total. The van der Waals surface area contributed by atoms with Gasteiger partial charge in [0.2, 0.25) is 0 Å². The van der Waals surface area contributed by atoms with E-state index in [1.807, 2.05) is 18.2 Å². The van der Waals surface area contributed by atoms with Gasteiger partial charge in [0.1, 0.15) is 23.4 Å². The van der Waals surface area contributed by atoms with Crippen molar-refractivity contribution in [1.82, 2.24) is 20.2 Å².